The lowest BCUT2D eigenvalue weighted by molar-refractivity contribution is -0.143. The van der Waals surface area contributed by atoms with Gasteiger partial charge in [-0.05, 0) is 38.8 Å². The standard InChI is InChI=1S/C18H22FN3O3/c1-3-24-12(2)18(23)22-9-5-7-14(11-22)17-20-16(21-25-17)13-6-4-8-15(19)10-13/h4,6,8,10,12,14H,3,5,7,9,11H2,1-2H3. The maximum Gasteiger partial charge on any atom is 0.251 e. The molecule has 6 nitrogen and oxygen atoms in total. The minimum absolute atomic E-state index is 0.0127. The van der Waals surface area contributed by atoms with Crippen LogP contribution in [-0.4, -0.2) is 46.7 Å². The summed E-state index contributed by atoms with van der Waals surface area (Å²) in [6.45, 7) is 5.38. The number of amides is 1. The lowest BCUT2D eigenvalue weighted by Crippen LogP contribution is -2.44. The first-order valence-electron chi connectivity index (χ1n) is 8.58. The largest absolute Gasteiger partial charge is 0.369 e. The van der Waals surface area contributed by atoms with Crippen LogP contribution in [0.15, 0.2) is 28.8 Å². The summed E-state index contributed by atoms with van der Waals surface area (Å²) in [7, 11) is 0. The first-order chi connectivity index (χ1) is 12.1. The van der Waals surface area contributed by atoms with E-state index in [1.54, 1.807) is 24.0 Å². The number of aromatic nitrogens is 2. The number of hydrogen-bond donors (Lipinski definition) is 0. The number of piperidine rings is 1. The van der Waals surface area contributed by atoms with Crippen LogP contribution in [0.5, 0.6) is 0 Å². The molecule has 0 saturated carbocycles. The van der Waals surface area contributed by atoms with Gasteiger partial charge >= 0.3 is 0 Å². The van der Waals surface area contributed by atoms with Gasteiger partial charge in [-0.2, -0.15) is 4.98 Å². The summed E-state index contributed by atoms with van der Waals surface area (Å²) >= 11 is 0. The minimum Gasteiger partial charge on any atom is -0.369 e. The van der Waals surface area contributed by atoms with Gasteiger partial charge in [-0.3, -0.25) is 4.79 Å². The molecule has 0 bridgehead atoms. The number of likely N-dealkylation sites (tertiary alicyclic amines) is 1. The summed E-state index contributed by atoms with van der Waals surface area (Å²) in [4.78, 5) is 18.6. The molecule has 1 fully saturated rings. The minimum atomic E-state index is -0.450. The van der Waals surface area contributed by atoms with Crippen molar-refractivity contribution in [3.63, 3.8) is 0 Å². The molecule has 1 aromatic heterocycles. The van der Waals surface area contributed by atoms with Gasteiger partial charge in [0.2, 0.25) is 11.7 Å². The molecule has 25 heavy (non-hydrogen) atoms. The Morgan fingerprint density at radius 3 is 3.12 bits per heavy atom. The molecule has 1 amide bonds. The Labute approximate surface area is 146 Å². The molecular formula is C18H22FN3O3. The van der Waals surface area contributed by atoms with Gasteiger partial charge in [-0.15, -0.1) is 0 Å². The molecule has 0 spiro atoms. The number of nitrogens with zero attached hydrogens (tertiary/aromatic N) is 3. The molecule has 1 aromatic carbocycles. The molecule has 2 aromatic rings. The highest BCUT2D eigenvalue weighted by molar-refractivity contribution is 5.80. The fourth-order valence-corrected chi connectivity index (χ4v) is 3.10. The number of benzene rings is 1. The van der Waals surface area contributed by atoms with E-state index in [0.717, 1.165) is 12.8 Å². The zero-order chi connectivity index (χ0) is 17.8. The van der Waals surface area contributed by atoms with Crippen molar-refractivity contribution in [2.24, 2.45) is 0 Å². The summed E-state index contributed by atoms with van der Waals surface area (Å²) in [6, 6.07) is 6.08. The second-order valence-corrected chi connectivity index (χ2v) is 6.19. The van der Waals surface area contributed by atoms with Crippen molar-refractivity contribution in [2.45, 2.75) is 38.7 Å². The molecule has 0 N–H and O–H groups in total. The molecule has 7 heteroatoms. The predicted octanol–water partition coefficient (Wildman–Crippen LogP) is 3.01. The van der Waals surface area contributed by atoms with E-state index < -0.39 is 6.10 Å². The highest BCUT2D eigenvalue weighted by atomic mass is 19.1. The number of ether oxygens (including phenoxy) is 1. The molecule has 0 aliphatic carbocycles. The average molecular weight is 347 g/mol. The fourth-order valence-electron chi connectivity index (χ4n) is 3.10. The highest BCUT2D eigenvalue weighted by Crippen LogP contribution is 2.28. The van der Waals surface area contributed by atoms with Crippen LogP contribution in [0.3, 0.4) is 0 Å². The van der Waals surface area contributed by atoms with Crippen molar-refractivity contribution in [1.29, 1.82) is 0 Å². The van der Waals surface area contributed by atoms with Crippen molar-refractivity contribution in [3.05, 3.63) is 36.0 Å². The predicted molar refractivity (Wildman–Crippen MR) is 89.3 cm³/mol. The van der Waals surface area contributed by atoms with E-state index in [9.17, 15) is 9.18 Å². The third kappa shape index (κ3) is 4.04. The van der Waals surface area contributed by atoms with Gasteiger partial charge in [0.05, 0.1) is 5.92 Å². The van der Waals surface area contributed by atoms with E-state index in [0.29, 0.717) is 37.0 Å². The van der Waals surface area contributed by atoms with Gasteiger partial charge in [0.1, 0.15) is 11.9 Å². The van der Waals surface area contributed by atoms with Crippen LogP contribution in [0.1, 0.15) is 38.5 Å². The lowest BCUT2D eigenvalue weighted by atomic mass is 9.97. The summed E-state index contributed by atoms with van der Waals surface area (Å²) in [6.07, 6.45) is 1.29. The maximum atomic E-state index is 13.4. The zero-order valence-corrected chi connectivity index (χ0v) is 14.4. The monoisotopic (exact) mass is 347 g/mol. The van der Waals surface area contributed by atoms with Gasteiger partial charge in [-0.1, -0.05) is 17.3 Å². The van der Waals surface area contributed by atoms with Crippen molar-refractivity contribution >= 4 is 5.91 Å². The molecular weight excluding hydrogens is 325 g/mol. The first kappa shape index (κ1) is 17.5. The number of halogens is 1. The number of carbonyl (C=O) groups is 1. The number of rotatable bonds is 5. The maximum absolute atomic E-state index is 13.4. The Morgan fingerprint density at radius 2 is 2.36 bits per heavy atom. The van der Waals surface area contributed by atoms with Gasteiger partial charge in [0.25, 0.3) is 5.91 Å². The van der Waals surface area contributed by atoms with Crippen LogP contribution in [0.2, 0.25) is 0 Å². The SMILES string of the molecule is CCOC(C)C(=O)N1CCCC(c2nc(-c3cccc(F)c3)no2)C1. The summed E-state index contributed by atoms with van der Waals surface area (Å²) in [5.41, 5.74) is 0.573. The normalized spacial score (nSPS) is 19.0. The van der Waals surface area contributed by atoms with Gasteiger partial charge in [0, 0.05) is 25.3 Å². The van der Waals surface area contributed by atoms with Crippen LogP contribution in [0.4, 0.5) is 4.39 Å². The highest BCUT2D eigenvalue weighted by Gasteiger charge is 2.30. The Morgan fingerprint density at radius 1 is 1.52 bits per heavy atom. The number of carbonyl (C=O) groups excluding carboxylic acids is 1. The summed E-state index contributed by atoms with van der Waals surface area (Å²) in [5, 5.41) is 3.96. The number of hydrogen-bond acceptors (Lipinski definition) is 5. The Balaban J connectivity index is 1.71. The molecule has 0 radical (unpaired) electrons. The molecule has 2 unspecified atom stereocenters. The molecule has 2 heterocycles. The Bertz CT molecular complexity index is 734. The van der Waals surface area contributed by atoms with Crippen molar-refractivity contribution in [2.75, 3.05) is 19.7 Å². The van der Waals surface area contributed by atoms with E-state index in [-0.39, 0.29) is 17.6 Å². The molecule has 1 aliphatic heterocycles. The smallest absolute Gasteiger partial charge is 0.251 e. The van der Waals surface area contributed by atoms with Crippen molar-refractivity contribution in [3.8, 4) is 11.4 Å². The molecule has 1 aliphatic rings. The van der Waals surface area contributed by atoms with Gasteiger partial charge < -0.3 is 14.2 Å². The van der Waals surface area contributed by atoms with Gasteiger partial charge in [-0.25, -0.2) is 4.39 Å². The molecule has 2 atom stereocenters. The van der Waals surface area contributed by atoms with Crippen LogP contribution in [0.25, 0.3) is 11.4 Å². The lowest BCUT2D eigenvalue weighted by Gasteiger charge is -2.32. The third-order valence-electron chi connectivity index (χ3n) is 4.37. The van der Waals surface area contributed by atoms with Gasteiger partial charge in [0.15, 0.2) is 0 Å². The zero-order valence-electron chi connectivity index (χ0n) is 14.4. The average Bonchev–Trinajstić information content (AvgIpc) is 3.11. The van der Waals surface area contributed by atoms with E-state index in [1.165, 1.54) is 12.1 Å². The van der Waals surface area contributed by atoms with E-state index >= 15 is 0 Å². The Hall–Kier alpha value is -2.28. The summed E-state index contributed by atoms with van der Waals surface area (Å²) < 4.78 is 24.1. The van der Waals surface area contributed by atoms with Crippen LogP contribution < -0.4 is 0 Å². The van der Waals surface area contributed by atoms with Crippen molar-refractivity contribution in [1.82, 2.24) is 15.0 Å². The second-order valence-electron chi connectivity index (χ2n) is 6.19. The molecule has 134 valence electrons. The quantitative estimate of drug-likeness (QED) is 0.832. The Kier molecular flexibility index (Phi) is 5.43. The van der Waals surface area contributed by atoms with Crippen LogP contribution in [0, 0.1) is 5.82 Å². The van der Waals surface area contributed by atoms with Crippen molar-refractivity contribution < 1.29 is 18.4 Å². The van der Waals surface area contributed by atoms with E-state index in [2.05, 4.69) is 10.1 Å². The third-order valence-corrected chi connectivity index (χ3v) is 4.37. The van der Waals surface area contributed by atoms with Crippen LogP contribution in [-0.2, 0) is 9.53 Å². The summed E-state index contributed by atoms with van der Waals surface area (Å²) in [5.74, 6) is 0.474. The van der Waals surface area contributed by atoms with Crippen LogP contribution >= 0.6 is 0 Å². The fraction of sp³-hybridized carbons (Fsp3) is 0.500. The topological polar surface area (TPSA) is 68.5 Å². The molecule has 1 saturated heterocycles. The first-order valence-corrected chi connectivity index (χ1v) is 8.58. The molecule has 3 rings (SSSR count). The second kappa shape index (κ2) is 7.74. The van der Waals surface area contributed by atoms with E-state index in [1.807, 2.05) is 6.92 Å². The van der Waals surface area contributed by atoms with E-state index in [4.69, 9.17) is 9.26 Å².